The van der Waals surface area contributed by atoms with Crippen LogP contribution >= 0.6 is 15.9 Å². The average molecular weight is 281 g/mol. The Balaban J connectivity index is 2.63. The molecule has 1 aromatic carbocycles. The third-order valence-corrected chi connectivity index (χ3v) is 2.79. The Morgan fingerprint density at radius 3 is 2.75 bits per heavy atom. The molecule has 0 bridgehead atoms. The summed E-state index contributed by atoms with van der Waals surface area (Å²) in [7, 11) is 1.59. The second-order valence-corrected chi connectivity index (χ2v) is 3.98. The zero-order chi connectivity index (χ0) is 11.5. The van der Waals surface area contributed by atoms with Crippen LogP contribution in [-0.2, 0) is 0 Å². The van der Waals surface area contributed by atoms with E-state index in [4.69, 9.17) is 4.74 Å². The number of aromatic amines is 1. The van der Waals surface area contributed by atoms with E-state index in [0.717, 1.165) is 10.0 Å². The van der Waals surface area contributed by atoms with E-state index in [1.807, 2.05) is 18.2 Å². The lowest BCUT2D eigenvalue weighted by molar-refractivity contribution is 0.416. The van der Waals surface area contributed by atoms with Gasteiger partial charge < -0.3 is 4.74 Å². The number of rotatable bonds is 2. The molecular formula is C11H9BrN2O2. The number of benzene rings is 1. The van der Waals surface area contributed by atoms with Crippen molar-refractivity contribution in [3.63, 3.8) is 0 Å². The minimum atomic E-state index is -0.227. The van der Waals surface area contributed by atoms with Crippen molar-refractivity contribution < 1.29 is 4.74 Å². The number of ether oxygens (including phenoxy) is 1. The van der Waals surface area contributed by atoms with Crippen LogP contribution in [0.3, 0.4) is 0 Å². The summed E-state index contributed by atoms with van der Waals surface area (Å²) < 4.78 is 6.12. The standard InChI is InChI=1S/C11H9BrN2O2/c1-16-9-4-2-3-7(12)11(9)8-5-6-10(15)14-13-8/h2-6H,1H3,(H,14,15). The molecular weight excluding hydrogens is 272 g/mol. The molecule has 5 heteroatoms. The van der Waals surface area contributed by atoms with Gasteiger partial charge in [-0.3, -0.25) is 4.79 Å². The summed E-state index contributed by atoms with van der Waals surface area (Å²) in [4.78, 5) is 10.9. The molecule has 2 aromatic rings. The number of aromatic nitrogens is 2. The second-order valence-electron chi connectivity index (χ2n) is 3.12. The van der Waals surface area contributed by atoms with Gasteiger partial charge in [0, 0.05) is 10.5 Å². The quantitative estimate of drug-likeness (QED) is 0.918. The third kappa shape index (κ3) is 1.99. The molecule has 0 radical (unpaired) electrons. The maximum Gasteiger partial charge on any atom is 0.264 e. The van der Waals surface area contributed by atoms with Gasteiger partial charge >= 0.3 is 0 Å². The van der Waals surface area contributed by atoms with E-state index >= 15 is 0 Å². The topological polar surface area (TPSA) is 55.0 Å². The number of hydrogen-bond donors (Lipinski definition) is 1. The number of halogens is 1. The summed E-state index contributed by atoms with van der Waals surface area (Å²) in [5.74, 6) is 0.703. The van der Waals surface area contributed by atoms with Crippen LogP contribution in [-0.4, -0.2) is 17.3 Å². The summed E-state index contributed by atoms with van der Waals surface area (Å²) in [5.41, 5.74) is 1.25. The first-order valence-corrected chi connectivity index (χ1v) is 5.40. The zero-order valence-corrected chi connectivity index (χ0v) is 10.1. The van der Waals surface area contributed by atoms with E-state index in [1.54, 1.807) is 13.2 Å². The SMILES string of the molecule is COc1cccc(Br)c1-c1ccc(=O)[nH]n1. The third-order valence-electron chi connectivity index (χ3n) is 2.13. The first kappa shape index (κ1) is 10.9. The summed E-state index contributed by atoms with van der Waals surface area (Å²) in [6.45, 7) is 0. The van der Waals surface area contributed by atoms with Crippen LogP contribution < -0.4 is 10.3 Å². The van der Waals surface area contributed by atoms with Gasteiger partial charge in [-0.2, -0.15) is 5.10 Å². The fraction of sp³-hybridized carbons (Fsp3) is 0.0909. The molecule has 4 nitrogen and oxygen atoms in total. The molecule has 0 fully saturated rings. The molecule has 0 saturated carbocycles. The van der Waals surface area contributed by atoms with Crippen molar-refractivity contribution >= 4 is 15.9 Å². The molecule has 0 aliphatic heterocycles. The van der Waals surface area contributed by atoms with E-state index in [1.165, 1.54) is 6.07 Å². The van der Waals surface area contributed by atoms with Crippen molar-refractivity contribution in [3.05, 3.63) is 45.2 Å². The first-order valence-electron chi connectivity index (χ1n) is 4.61. The lowest BCUT2D eigenvalue weighted by Gasteiger charge is -2.08. The van der Waals surface area contributed by atoms with Crippen LogP contribution in [0.4, 0.5) is 0 Å². The predicted octanol–water partition coefficient (Wildman–Crippen LogP) is 2.21. The monoisotopic (exact) mass is 280 g/mol. The summed E-state index contributed by atoms with van der Waals surface area (Å²) in [5, 5.41) is 6.37. The minimum Gasteiger partial charge on any atom is -0.496 e. The van der Waals surface area contributed by atoms with Gasteiger partial charge in [-0.05, 0) is 34.1 Å². The lowest BCUT2D eigenvalue weighted by Crippen LogP contribution is -2.06. The molecule has 1 N–H and O–H groups in total. The molecule has 0 aliphatic carbocycles. The number of H-pyrrole nitrogens is 1. The van der Waals surface area contributed by atoms with Gasteiger partial charge in [0.1, 0.15) is 5.75 Å². The smallest absolute Gasteiger partial charge is 0.264 e. The number of nitrogens with zero attached hydrogens (tertiary/aromatic N) is 1. The highest BCUT2D eigenvalue weighted by Gasteiger charge is 2.10. The van der Waals surface area contributed by atoms with E-state index < -0.39 is 0 Å². The van der Waals surface area contributed by atoms with Crippen molar-refractivity contribution in [2.24, 2.45) is 0 Å². The largest absolute Gasteiger partial charge is 0.496 e. The van der Waals surface area contributed by atoms with Crippen LogP contribution in [0.1, 0.15) is 0 Å². The van der Waals surface area contributed by atoms with Gasteiger partial charge in [0.25, 0.3) is 5.56 Å². The number of hydrogen-bond acceptors (Lipinski definition) is 3. The average Bonchev–Trinajstić information content (AvgIpc) is 2.30. The fourth-order valence-corrected chi connectivity index (χ4v) is 1.96. The lowest BCUT2D eigenvalue weighted by atomic mass is 10.1. The molecule has 0 spiro atoms. The van der Waals surface area contributed by atoms with Gasteiger partial charge in [0.15, 0.2) is 0 Å². The summed E-state index contributed by atoms with van der Waals surface area (Å²) >= 11 is 3.43. The van der Waals surface area contributed by atoms with Crippen LogP contribution in [0.5, 0.6) is 5.75 Å². The zero-order valence-electron chi connectivity index (χ0n) is 8.53. The van der Waals surface area contributed by atoms with Gasteiger partial charge in [-0.15, -0.1) is 0 Å². The van der Waals surface area contributed by atoms with E-state index in [2.05, 4.69) is 26.1 Å². The van der Waals surface area contributed by atoms with Gasteiger partial charge in [-0.25, -0.2) is 5.10 Å². The van der Waals surface area contributed by atoms with E-state index in [-0.39, 0.29) is 5.56 Å². The van der Waals surface area contributed by atoms with Crippen LogP contribution in [0, 0.1) is 0 Å². The van der Waals surface area contributed by atoms with Crippen molar-refractivity contribution in [2.75, 3.05) is 7.11 Å². The molecule has 1 heterocycles. The Morgan fingerprint density at radius 1 is 1.31 bits per heavy atom. The summed E-state index contributed by atoms with van der Waals surface area (Å²) in [6.07, 6.45) is 0. The number of nitrogens with one attached hydrogen (secondary N) is 1. The van der Waals surface area contributed by atoms with Crippen LogP contribution in [0.25, 0.3) is 11.3 Å². The first-order chi connectivity index (χ1) is 7.72. The normalized spacial score (nSPS) is 10.1. The van der Waals surface area contributed by atoms with Crippen LogP contribution in [0.2, 0.25) is 0 Å². The molecule has 2 rings (SSSR count). The molecule has 0 aliphatic rings. The Kier molecular flexibility index (Phi) is 3.05. The van der Waals surface area contributed by atoms with Crippen molar-refractivity contribution in [2.45, 2.75) is 0 Å². The molecule has 1 aromatic heterocycles. The fourth-order valence-electron chi connectivity index (χ4n) is 1.41. The van der Waals surface area contributed by atoms with Crippen molar-refractivity contribution in [3.8, 4) is 17.0 Å². The highest BCUT2D eigenvalue weighted by molar-refractivity contribution is 9.10. The second kappa shape index (κ2) is 4.49. The highest BCUT2D eigenvalue weighted by Crippen LogP contribution is 2.34. The van der Waals surface area contributed by atoms with Gasteiger partial charge in [-0.1, -0.05) is 6.07 Å². The minimum absolute atomic E-state index is 0.227. The maximum absolute atomic E-state index is 10.9. The van der Waals surface area contributed by atoms with Crippen molar-refractivity contribution in [1.29, 1.82) is 0 Å². The maximum atomic E-state index is 10.9. The molecule has 0 amide bonds. The Labute approximate surface area is 100 Å². The molecule has 0 saturated heterocycles. The Morgan fingerprint density at radius 2 is 2.12 bits per heavy atom. The van der Waals surface area contributed by atoms with Crippen LogP contribution in [0.15, 0.2) is 39.6 Å². The van der Waals surface area contributed by atoms with Gasteiger partial charge in [0.2, 0.25) is 0 Å². The Bertz CT molecular complexity index is 546. The molecule has 0 unspecified atom stereocenters. The van der Waals surface area contributed by atoms with E-state index in [9.17, 15) is 4.79 Å². The molecule has 16 heavy (non-hydrogen) atoms. The van der Waals surface area contributed by atoms with Crippen molar-refractivity contribution in [1.82, 2.24) is 10.2 Å². The summed E-state index contributed by atoms with van der Waals surface area (Å²) in [6, 6.07) is 8.69. The van der Waals surface area contributed by atoms with Gasteiger partial charge in [0.05, 0.1) is 18.4 Å². The number of methoxy groups -OCH3 is 1. The molecule has 82 valence electrons. The Hall–Kier alpha value is -1.62. The predicted molar refractivity (Wildman–Crippen MR) is 64.5 cm³/mol. The molecule has 0 atom stereocenters. The van der Waals surface area contributed by atoms with E-state index in [0.29, 0.717) is 11.4 Å². The highest BCUT2D eigenvalue weighted by atomic mass is 79.9.